The lowest BCUT2D eigenvalue weighted by atomic mass is 9.93. The van der Waals surface area contributed by atoms with Crippen molar-refractivity contribution in [1.29, 1.82) is 0 Å². The molecule has 0 aliphatic heterocycles. The average molecular weight is 451 g/mol. The highest BCUT2D eigenvalue weighted by molar-refractivity contribution is 5.94. The topological polar surface area (TPSA) is 112 Å². The van der Waals surface area contributed by atoms with Crippen LogP contribution in [0.4, 0.5) is 5.69 Å². The standard InChI is InChI=1S/C25H22N8O/c1-14-17(16-11-28-32(3)13-16)7-8-19(23(14)27-2)24-21(12-29-33(24)4)15-5-6-18-20(9-15)22(10-26)30-31-25(18)34/h5-9,11-13H,10,26H2,1,3-4H3,(H,31,34). The summed E-state index contributed by atoms with van der Waals surface area (Å²) < 4.78 is 3.52. The number of hydrogen-bond acceptors (Lipinski definition) is 5. The van der Waals surface area contributed by atoms with E-state index >= 15 is 0 Å². The first-order valence-electron chi connectivity index (χ1n) is 10.7. The number of benzene rings is 2. The molecule has 3 N–H and O–H groups in total. The van der Waals surface area contributed by atoms with Crippen molar-refractivity contribution in [3.63, 3.8) is 0 Å². The molecule has 5 rings (SSSR count). The van der Waals surface area contributed by atoms with Crippen molar-refractivity contribution in [1.82, 2.24) is 29.8 Å². The zero-order chi connectivity index (χ0) is 24.0. The molecule has 168 valence electrons. The second kappa shape index (κ2) is 8.10. The molecule has 0 saturated heterocycles. The highest BCUT2D eigenvalue weighted by atomic mass is 16.1. The molecule has 3 aromatic heterocycles. The highest BCUT2D eigenvalue weighted by Crippen LogP contribution is 2.42. The summed E-state index contributed by atoms with van der Waals surface area (Å²) in [6.07, 6.45) is 5.51. The van der Waals surface area contributed by atoms with Gasteiger partial charge in [-0.2, -0.15) is 15.3 Å². The van der Waals surface area contributed by atoms with Crippen LogP contribution < -0.4 is 11.3 Å². The summed E-state index contributed by atoms with van der Waals surface area (Å²) in [7, 11) is 3.73. The second-order valence-corrected chi connectivity index (χ2v) is 8.14. The lowest BCUT2D eigenvalue weighted by Gasteiger charge is -2.14. The van der Waals surface area contributed by atoms with Gasteiger partial charge in [-0.15, -0.1) is 0 Å². The first-order chi connectivity index (χ1) is 16.4. The summed E-state index contributed by atoms with van der Waals surface area (Å²) in [5.41, 5.74) is 12.9. The summed E-state index contributed by atoms with van der Waals surface area (Å²) in [6, 6.07) is 9.54. The third-order valence-corrected chi connectivity index (χ3v) is 6.12. The van der Waals surface area contributed by atoms with Crippen molar-refractivity contribution in [3.8, 4) is 33.5 Å². The van der Waals surface area contributed by atoms with Crippen LogP contribution in [0.1, 0.15) is 11.3 Å². The lowest BCUT2D eigenvalue weighted by molar-refractivity contribution is 0.768. The van der Waals surface area contributed by atoms with Crippen LogP contribution in [0.5, 0.6) is 0 Å². The fourth-order valence-electron chi connectivity index (χ4n) is 4.42. The van der Waals surface area contributed by atoms with E-state index < -0.39 is 0 Å². The molecule has 9 nitrogen and oxygen atoms in total. The number of H-pyrrole nitrogens is 1. The summed E-state index contributed by atoms with van der Waals surface area (Å²) >= 11 is 0. The van der Waals surface area contributed by atoms with Gasteiger partial charge in [-0.25, -0.2) is 9.94 Å². The molecule has 0 saturated carbocycles. The molecule has 5 aromatic rings. The Morgan fingerprint density at radius 3 is 2.53 bits per heavy atom. The molecule has 0 radical (unpaired) electrons. The maximum atomic E-state index is 12.2. The summed E-state index contributed by atoms with van der Waals surface area (Å²) in [6.45, 7) is 10.1. The largest absolute Gasteiger partial charge is 0.325 e. The minimum atomic E-state index is -0.262. The van der Waals surface area contributed by atoms with Crippen LogP contribution in [0.15, 0.2) is 53.7 Å². The van der Waals surface area contributed by atoms with Gasteiger partial charge in [-0.3, -0.25) is 14.2 Å². The Morgan fingerprint density at radius 1 is 1.03 bits per heavy atom. The van der Waals surface area contributed by atoms with E-state index in [1.54, 1.807) is 27.8 Å². The quantitative estimate of drug-likeness (QED) is 0.406. The molecule has 2 aromatic carbocycles. The fraction of sp³-hybridized carbons (Fsp3) is 0.160. The molecule has 0 fully saturated rings. The molecule has 0 atom stereocenters. The number of hydrogen-bond donors (Lipinski definition) is 2. The number of fused-ring (bicyclic) bond motifs is 1. The molecule has 9 heteroatoms. The maximum Gasteiger partial charge on any atom is 0.272 e. The number of nitrogens with one attached hydrogen (secondary N) is 1. The van der Waals surface area contributed by atoms with Crippen LogP contribution in [0.25, 0.3) is 49.1 Å². The van der Waals surface area contributed by atoms with Crippen molar-refractivity contribution in [3.05, 3.63) is 82.0 Å². The van der Waals surface area contributed by atoms with Gasteiger partial charge in [0.25, 0.3) is 5.56 Å². The van der Waals surface area contributed by atoms with Gasteiger partial charge in [0.05, 0.1) is 35.7 Å². The molecule has 0 bridgehead atoms. The van der Waals surface area contributed by atoms with Gasteiger partial charge in [0.1, 0.15) is 0 Å². The highest BCUT2D eigenvalue weighted by Gasteiger charge is 2.20. The van der Waals surface area contributed by atoms with Crippen molar-refractivity contribution in [2.75, 3.05) is 0 Å². The molecule has 0 aliphatic carbocycles. The third-order valence-electron chi connectivity index (χ3n) is 6.12. The van der Waals surface area contributed by atoms with E-state index in [1.807, 2.05) is 51.5 Å². The number of rotatable bonds is 4. The van der Waals surface area contributed by atoms with Crippen LogP contribution in [-0.2, 0) is 20.6 Å². The van der Waals surface area contributed by atoms with E-state index in [1.165, 1.54) is 0 Å². The Hall–Kier alpha value is -4.55. The lowest BCUT2D eigenvalue weighted by Crippen LogP contribution is -2.13. The summed E-state index contributed by atoms with van der Waals surface area (Å²) in [5.74, 6) is 0. The van der Waals surface area contributed by atoms with Gasteiger partial charge < -0.3 is 5.73 Å². The molecule has 3 heterocycles. The average Bonchev–Trinajstić information content (AvgIpc) is 3.44. The van der Waals surface area contributed by atoms with Gasteiger partial charge >= 0.3 is 0 Å². The van der Waals surface area contributed by atoms with Crippen molar-refractivity contribution >= 4 is 16.5 Å². The Morgan fingerprint density at radius 2 is 1.82 bits per heavy atom. The molecule has 0 amide bonds. The van der Waals surface area contributed by atoms with E-state index in [9.17, 15) is 4.79 Å². The van der Waals surface area contributed by atoms with E-state index in [-0.39, 0.29) is 12.1 Å². The van der Waals surface area contributed by atoms with Gasteiger partial charge in [-0.1, -0.05) is 18.2 Å². The predicted octanol–water partition coefficient (Wildman–Crippen LogP) is 3.71. The monoisotopic (exact) mass is 450 g/mol. The maximum absolute atomic E-state index is 12.2. The molecule has 0 unspecified atom stereocenters. The van der Waals surface area contributed by atoms with Crippen LogP contribution in [0.2, 0.25) is 0 Å². The number of nitrogens with zero attached hydrogens (tertiary/aromatic N) is 6. The fourth-order valence-corrected chi connectivity index (χ4v) is 4.42. The normalized spacial score (nSPS) is 11.1. The molecule has 0 aliphatic rings. The SMILES string of the molecule is [C-]#[N+]c1c(-c2c(-c3ccc4c(=O)[nH]nc(CN)c4c3)cnn2C)ccc(-c2cnn(C)c2)c1C. The number of aromatic amines is 1. The van der Waals surface area contributed by atoms with E-state index in [0.717, 1.165) is 39.1 Å². The minimum absolute atomic E-state index is 0.202. The Balaban J connectivity index is 1.72. The van der Waals surface area contributed by atoms with E-state index in [2.05, 4.69) is 25.2 Å². The van der Waals surface area contributed by atoms with Crippen molar-refractivity contribution in [2.45, 2.75) is 13.5 Å². The van der Waals surface area contributed by atoms with E-state index in [4.69, 9.17) is 12.3 Å². The number of aromatic nitrogens is 6. The smallest absolute Gasteiger partial charge is 0.272 e. The number of nitrogens with two attached hydrogens (primary N) is 1. The summed E-state index contributed by atoms with van der Waals surface area (Å²) in [4.78, 5) is 16.1. The zero-order valence-corrected chi connectivity index (χ0v) is 19.0. The molecule has 34 heavy (non-hydrogen) atoms. The van der Waals surface area contributed by atoms with Crippen molar-refractivity contribution < 1.29 is 0 Å². The van der Waals surface area contributed by atoms with Crippen LogP contribution in [0.3, 0.4) is 0 Å². The Bertz CT molecular complexity index is 1670. The van der Waals surface area contributed by atoms with Crippen molar-refractivity contribution in [2.24, 2.45) is 19.8 Å². The van der Waals surface area contributed by atoms with Crippen LogP contribution in [-0.4, -0.2) is 29.8 Å². The molecular formula is C25H22N8O. The third kappa shape index (κ3) is 3.29. The van der Waals surface area contributed by atoms with Gasteiger partial charge in [-0.05, 0) is 35.7 Å². The Labute approximate surface area is 195 Å². The minimum Gasteiger partial charge on any atom is -0.325 e. The second-order valence-electron chi connectivity index (χ2n) is 8.14. The first-order valence-corrected chi connectivity index (χ1v) is 10.7. The van der Waals surface area contributed by atoms with E-state index in [0.29, 0.717) is 22.2 Å². The summed E-state index contributed by atoms with van der Waals surface area (Å²) in [5, 5.41) is 16.6. The van der Waals surface area contributed by atoms with Crippen LogP contribution >= 0.6 is 0 Å². The van der Waals surface area contributed by atoms with Gasteiger partial charge in [0.2, 0.25) is 0 Å². The predicted molar refractivity (Wildman–Crippen MR) is 131 cm³/mol. The zero-order valence-electron chi connectivity index (χ0n) is 19.0. The Kier molecular flexibility index (Phi) is 5.07. The van der Waals surface area contributed by atoms with Crippen LogP contribution in [0, 0.1) is 13.5 Å². The van der Waals surface area contributed by atoms with Gasteiger partial charge in [0.15, 0.2) is 5.69 Å². The van der Waals surface area contributed by atoms with Gasteiger partial charge in [0, 0.05) is 48.9 Å². The number of aryl methyl sites for hydroxylation is 2. The first kappa shape index (κ1) is 21.3. The molecule has 0 spiro atoms. The molecular weight excluding hydrogens is 428 g/mol.